The summed E-state index contributed by atoms with van der Waals surface area (Å²) in [6.07, 6.45) is 0.680. The average molecular weight is 488 g/mol. The average Bonchev–Trinajstić information content (AvgIpc) is 3.38. The number of carbonyl (C=O) groups is 2. The van der Waals surface area contributed by atoms with E-state index in [-0.39, 0.29) is 10.1 Å². The fourth-order valence-corrected chi connectivity index (χ4v) is 5.36. The molecule has 0 aliphatic heterocycles. The summed E-state index contributed by atoms with van der Waals surface area (Å²) in [5.74, 6) is -0.706. The van der Waals surface area contributed by atoms with Crippen molar-refractivity contribution in [1.29, 1.82) is 0 Å². The lowest BCUT2D eigenvalue weighted by Gasteiger charge is -2.18. The predicted octanol–water partition coefficient (Wildman–Crippen LogP) is 3.59. The van der Waals surface area contributed by atoms with E-state index in [2.05, 4.69) is 10.6 Å². The number of nitrogens with one attached hydrogen (secondary N) is 2. The van der Waals surface area contributed by atoms with E-state index >= 15 is 0 Å². The third kappa shape index (κ3) is 5.98. The molecule has 33 heavy (non-hydrogen) atoms. The molecule has 174 valence electrons. The summed E-state index contributed by atoms with van der Waals surface area (Å²) in [5.41, 5.74) is 1.49. The molecule has 2 amide bonds. The molecule has 8 nitrogen and oxygen atoms in total. The van der Waals surface area contributed by atoms with Gasteiger partial charge in [-0.1, -0.05) is 18.2 Å². The van der Waals surface area contributed by atoms with Crippen LogP contribution in [0.15, 0.2) is 70.3 Å². The number of rotatable bonds is 10. The zero-order valence-corrected chi connectivity index (χ0v) is 19.9. The zero-order chi connectivity index (χ0) is 23.8. The SMILES string of the molecule is COCCCNC(=O)c1ccccc1NC(=O)c1ccc(N(C)S(=O)(=O)c2cccs2)cc1. The second-order valence-corrected chi connectivity index (χ2v) is 10.2. The molecule has 3 rings (SSSR count). The van der Waals surface area contributed by atoms with Crippen LogP contribution in [0.1, 0.15) is 27.1 Å². The van der Waals surface area contributed by atoms with Crippen LogP contribution in [0.4, 0.5) is 11.4 Å². The molecule has 2 N–H and O–H groups in total. The van der Waals surface area contributed by atoms with Crippen molar-refractivity contribution in [3.8, 4) is 0 Å². The molecule has 0 aliphatic carbocycles. The molecule has 0 spiro atoms. The third-order valence-electron chi connectivity index (χ3n) is 4.83. The van der Waals surface area contributed by atoms with Crippen molar-refractivity contribution in [3.05, 3.63) is 77.2 Å². The Balaban J connectivity index is 1.70. The number of benzene rings is 2. The summed E-state index contributed by atoms with van der Waals surface area (Å²) >= 11 is 1.14. The van der Waals surface area contributed by atoms with Crippen molar-refractivity contribution in [1.82, 2.24) is 5.32 Å². The van der Waals surface area contributed by atoms with E-state index in [1.165, 1.54) is 11.4 Å². The van der Waals surface area contributed by atoms with E-state index in [0.29, 0.717) is 42.1 Å². The quantitative estimate of drug-likeness (QED) is 0.425. The molecule has 1 aromatic heterocycles. The highest BCUT2D eigenvalue weighted by Crippen LogP contribution is 2.25. The third-order valence-corrected chi connectivity index (χ3v) is 7.99. The van der Waals surface area contributed by atoms with Gasteiger partial charge in [0.05, 0.1) is 16.9 Å². The molecule has 10 heteroatoms. The Morgan fingerprint density at radius 3 is 2.39 bits per heavy atom. The topological polar surface area (TPSA) is 105 Å². The minimum Gasteiger partial charge on any atom is -0.385 e. The highest BCUT2D eigenvalue weighted by Gasteiger charge is 2.22. The Morgan fingerprint density at radius 2 is 1.73 bits per heavy atom. The first kappa shape index (κ1) is 24.4. The van der Waals surface area contributed by atoms with E-state index in [1.807, 2.05) is 0 Å². The second kappa shape index (κ2) is 11.1. The van der Waals surface area contributed by atoms with Gasteiger partial charge in [-0.15, -0.1) is 11.3 Å². The van der Waals surface area contributed by atoms with Crippen molar-refractivity contribution < 1.29 is 22.7 Å². The van der Waals surface area contributed by atoms with Crippen LogP contribution >= 0.6 is 11.3 Å². The fraction of sp³-hybridized carbons (Fsp3) is 0.217. The van der Waals surface area contributed by atoms with E-state index < -0.39 is 15.9 Å². The normalized spacial score (nSPS) is 11.1. The number of carbonyl (C=O) groups excluding carboxylic acids is 2. The van der Waals surface area contributed by atoms with E-state index in [9.17, 15) is 18.0 Å². The van der Waals surface area contributed by atoms with Gasteiger partial charge in [0, 0.05) is 32.9 Å². The first-order valence-corrected chi connectivity index (χ1v) is 12.5. The van der Waals surface area contributed by atoms with Gasteiger partial charge in [0.1, 0.15) is 4.21 Å². The van der Waals surface area contributed by atoms with Crippen LogP contribution < -0.4 is 14.9 Å². The van der Waals surface area contributed by atoms with Crippen LogP contribution in [0.25, 0.3) is 0 Å². The van der Waals surface area contributed by atoms with Gasteiger partial charge in [-0.05, 0) is 54.3 Å². The molecule has 0 fully saturated rings. The van der Waals surface area contributed by atoms with Crippen LogP contribution in [0.5, 0.6) is 0 Å². The maximum absolute atomic E-state index is 12.8. The van der Waals surface area contributed by atoms with Gasteiger partial charge >= 0.3 is 0 Å². The van der Waals surface area contributed by atoms with Crippen molar-refractivity contribution in [2.75, 3.05) is 36.9 Å². The lowest BCUT2D eigenvalue weighted by molar-refractivity contribution is 0.0949. The molecular formula is C23H25N3O5S2. The summed E-state index contributed by atoms with van der Waals surface area (Å²) in [6.45, 7) is 0.997. The number of sulfonamides is 1. The van der Waals surface area contributed by atoms with Crippen LogP contribution in [-0.4, -0.2) is 47.5 Å². The standard InChI is InChI=1S/C23H25N3O5S2/c1-26(33(29,30)21-9-5-16-32-21)18-12-10-17(11-13-18)22(27)25-20-8-4-3-7-19(20)23(28)24-14-6-15-31-2/h3-5,7-13,16H,6,14-15H2,1-2H3,(H,24,28)(H,25,27). The molecule has 0 saturated carbocycles. The van der Waals surface area contributed by atoms with Gasteiger partial charge in [-0.25, -0.2) is 8.42 Å². The van der Waals surface area contributed by atoms with Crippen LogP contribution in [0, 0.1) is 0 Å². The van der Waals surface area contributed by atoms with Gasteiger partial charge in [0.25, 0.3) is 21.8 Å². The molecule has 0 unspecified atom stereocenters. The Bertz CT molecular complexity index is 1190. The smallest absolute Gasteiger partial charge is 0.273 e. The number of hydrogen-bond donors (Lipinski definition) is 2. The molecule has 0 saturated heterocycles. The summed E-state index contributed by atoms with van der Waals surface area (Å²) in [5, 5.41) is 7.26. The van der Waals surface area contributed by atoms with E-state index in [4.69, 9.17) is 4.74 Å². The zero-order valence-electron chi connectivity index (χ0n) is 18.3. The molecular weight excluding hydrogens is 462 g/mol. The number of nitrogens with zero attached hydrogens (tertiary/aromatic N) is 1. The number of thiophene rings is 1. The molecule has 0 bridgehead atoms. The largest absolute Gasteiger partial charge is 0.385 e. The summed E-state index contributed by atoms with van der Waals surface area (Å²) in [7, 11) is -0.597. The monoisotopic (exact) mass is 487 g/mol. The lowest BCUT2D eigenvalue weighted by Crippen LogP contribution is -2.27. The predicted molar refractivity (Wildman–Crippen MR) is 130 cm³/mol. The number of para-hydroxylation sites is 1. The Morgan fingerprint density at radius 1 is 1.00 bits per heavy atom. The van der Waals surface area contributed by atoms with Gasteiger partial charge in [-0.2, -0.15) is 0 Å². The summed E-state index contributed by atoms with van der Waals surface area (Å²) in [6, 6.07) is 16.2. The first-order valence-electron chi connectivity index (χ1n) is 10.1. The number of anilines is 2. The minimum atomic E-state index is -3.66. The lowest BCUT2D eigenvalue weighted by atomic mass is 10.1. The maximum atomic E-state index is 12.8. The Labute approximate surface area is 197 Å². The highest BCUT2D eigenvalue weighted by molar-refractivity contribution is 7.94. The summed E-state index contributed by atoms with van der Waals surface area (Å²) < 4.78 is 31.7. The number of hydrogen-bond acceptors (Lipinski definition) is 6. The van der Waals surface area contributed by atoms with Crippen molar-refractivity contribution in [3.63, 3.8) is 0 Å². The number of ether oxygens (including phenoxy) is 1. The molecule has 3 aromatic rings. The highest BCUT2D eigenvalue weighted by atomic mass is 32.2. The number of methoxy groups -OCH3 is 1. The Hall–Kier alpha value is -3.21. The van der Waals surface area contributed by atoms with Crippen LogP contribution in [0.3, 0.4) is 0 Å². The van der Waals surface area contributed by atoms with Gasteiger partial charge in [-0.3, -0.25) is 13.9 Å². The second-order valence-electron chi connectivity index (χ2n) is 7.05. The van der Waals surface area contributed by atoms with Crippen LogP contribution in [0.2, 0.25) is 0 Å². The first-order chi connectivity index (χ1) is 15.8. The molecule has 0 radical (unpaired) electrons. The van der Waals surface area contributed by atoms with Crippen molar-refractivity contribution in [2.45, 2.75) is 10.6 Å². The van der Waals surface area contributed by atoms with E-state index in [0.717, 1.165) is 11.3 Å². The van der Waals surface area contributed by atoms with Crippen molar-refractivity contribution >= 4 is 44.5 Å². The molecule has 0 atom stereocenters. The van der Waals surface area contributed by atoms with Crippen molar-refractivity contribution in [2.24, 2.45) is 0 Å². The summed E-state index contributed by atoms with van der Waals surface area (Å²) in [4.78, 5) is 25.3. The molecule has 0 aliphatic rings. The fourth-order valence-electron chi connectivity index (χ4n) is 3.00. The van der Waals surface area contributed by atoms with Gasteiger partial charge in [0.15, 0.2) is 0 Å². The van der Waals surface area contributed by atoms with Crippen LogP contribution in [-0.2, 0) is 14.8 Å². The van der Waals surface area contributed by atoms with Gasteiger partial charge in [0.2, 0.25) is 0 Å². The van der Waals surface area contributed by atoms with E-state index in [1.54, 1.807) is 73.2 Å². The number of amides is 2. The Kier molecular flexibility index (Phi) is 8.21. The van der Waals surface area contributed by atoms with Gasteiger partial charge < -0.3 is 15.4 Å². The minimum absolute atomic E-state index is 0.240. The maximum Gasteiger partial charge on any atom is 0.273 e. The molecule has 2 aromatic carbocycles. The molecule has 1 heterocycles.